The molecule has 3 aromatic rings. The van der Waals surface area contributed by atoms with Gasteiger partial charge < -0.3 is 5.32 Å². The summed E-state index contributed by atoms with van der Waals surface area (Å²) < 4.78 is 39.4. The predicted molar refractivity (Wildman–Crippen MR) is 115 cm³/mol. The highest BCUT2D eigenvalue weighted by molar-refractivity contribution is 6.34. The molecule has 1 amide bonds. The van der Waals surface area contributed by atoms with Gasteiger partial charge in [-0.3, -0.25) is 9.89 Å². The van der Waals surface area contributed by atoms with Crippen LogP contribution in [0, 0.1) is 5.92 Å². The van der Waals surface area contributed by atoms with Gasteiger partial charge in [0.1, 0.15) is 5.82 Å². The van der Waals surface area contributed by atoms with Crippen LogP contribution in [0.2, 0.25) is 5.02 Å². The normalized spacial score (nSPS) is 11.8. The number of amides is 1. The first-order valence-corrected chi connectivity index (χ1v) is 10.5. The number of hydrogen-bond donors (Lipinski definition) is 2. The Hall–Kier alpha value is -2.94. The van der Waals surface area contributed by atoms with Crippen molar-refractivity contribution in [1.29, 1.82) is 0 Å². The van der Waals surface area contributed by atoms with Crippen LogP contribution in [0.15, 0.2) is 30.5 Å². The molecule has 0 saturated heterocycles. The molecule has 0 spiro atoms. The van der Waals surface area contributed by atoms with Crippen molar-refractivity contribution < 1.29 is 18.0 Å². The van der Waals surface area contributed by atoms with E-state index in [9.17, 15) is 18.0 Å². The maximum absolute atomic E-state index is 13.1. The number of carbonyl (C=O) groups excluding carboxylic acids is 1. The number of halogens is 4. The van der Waals surface area contributed by atoms with E-state index in [4.69, 9.17) is 11.6 Å². The number of aromatic nitrogens is 4. The minimum Gasteiger partial charge on any atom is -0.346 e. The van der Waals surface area contributed by atoms with Gasteiger partial charge in [0, 0.05) is 18.2 Å². The number of carbonyl (C=O) groups is 1. The van der Waals surface area contributed by atoms with Crippen LogP contribution in [0.25, 0.3) is 11.4 Å². The van der Waals surface area contributed by atoms with E-state index in [1.165, 1.54) is 6.07 Å². The van der Waals surface area contributed by atoms with Crippen molar-refractivity contribution in [2.45, 2.75) is 46.3 Å². The van der Waals surface area contributed by atoms with Crippen molar-refractivity contribution in [2.24, 2.45) is 5.92 Å². The Morgan fingerprint density at radius 2 is 1.97 bits per heavy atom. The fourth-order valence-corrected chi connectivity index (χ4v) is 3.62. The average molecular weight is 466 g/mol. The lowest BCUT2D eigenvalue weighted by atomic mass is 9.97. The zero-order valence-electron chi connectivity index (χ0n) is 17.8. The molecular weight excluding hydrogens is 443 g/mol. The van der Waals surface area contributed by atoms with Crippen LogP contribution < -0.4 is 5.32 Å². The molecule has 32 heavy (non-hydrogen) atoms. The topological polar surface area (TPSA) is 83.6 Å². The lowest BCUT2D eigenvalue weighted by molar-refractivity contribution is -0.137. The lowest BCUT2D eigenvalue weighted by Crippen LogP contribution is -2.26. The maximum atomic E-state index is 13.1. The van der Waals surface area contributed by atoms with E-state index in [-0.39, 0.29) is 18.0 Å². The summed E-state index contributed by atoms with van der Waals surface area (Å²) in [5.74, 6) is 0.153. The lowest BCUT2D eigenvalue weighted by Gasteiger charge is -2.17. The fourth-order valence-electron chi connectivity index (χ4n) is 3.30. The van der Waals surface area contributed by atoms with Crippen molar-refractivity contribution >= 4 is 17.5 Å². The van der Waals surface area contributed by atoms with Crippen LogP contribution in [-0.4, -0.2) is 26.1 Å². The summed E-state index contributed by atoms with van der Waals surface area (Å²) in [4.78, 5) is 21.9. The second-order valence-electron chi connectivity index (χ2n) is 7.68. The molecule has 6 nitrogen and oxygen atoms in total. The van der Waals surface area contributed by atoms with E-state index in [1.807, 2.05) is 6.92 Å². The van der Waals surface area contributed by atoms with E-state index in [2.05, 4.69) is 39.3 Å². The molecule has 0 atom stereocenters. The van der Waals surface area contributed by atoms with E-state index < -0.39 is 22.7 Å². The van der Waals surface area contributed by atoms with Crippen molar-refractivity contribution in [2.75, 3.05) is 0 Å². The van der Waals surface area contributed by atoms with Crippen LogP contribution in [0.4, 0.5) is 13.2 Å². The highest BCUT2D eigenvalue weighted by atomic mass is 35.5. The predicted octanol–water partition coefficient (Wildman–Crippen LogP) is 5.23. The summed E-state index contributed by atoms with van der Waals surface area (Å²) in [6.07, 6.45) is -1.81. The molecule has 0 saturated carbocycles. The minimum absolute atomic E-state index is 0.0180. The van der Waals surface area contributed by atoms with Gasteiger partial charge in [0.05, 0.1) is 39.8 Å². The monoisotopic (exact) mass is 465 g/mol. The van der Waals surface area contributed by atoms with Gasteiger partial charge >= 0.3 is 6.18 Å². The smallest absolute Gasteiger partial charge is 0.346 e. The molecule has 3 rings (SSSR count). The van der Waals surface area contributed by atoms with Crippen LogP contribution >= 0.6 is 11.6 Å². The number of nitrogens with zero attached hydrogens (tertiary/aromatic N) is 3. The zero-order chi connectivity index (χ0) is 23.5. The SMILES string of the molecule is CCc1nc(CNC(=O)c2cccc(C(F)(F)F)c2Cl)c(CC(C)C)c(-c2ccn[nH]2)n1. The number of aromatic amines is 1. The van der Waals surface area contributed by atoms with Gasteiger partial charge in [-0.15, -0.1) is 0 Å². The standard InChI is InChI=1S/C22H23ClF3N5O/c1-4-18-29-17(14(10-12(2)3)20(30-18)16-8-9-28-31-16)11-27-21(32)13-6-5-7-15(19(13)23)22(24,25)26/h5-9,12H,4,10-11H2,1-3H3,(H,27,32)(H,28,31). The van der Waals surface area contributed by atoms with Crippen LogP contribution in [0.5, 0.6) is 0 Å². The van der Waals surface area contributed by atoms with Crippen molar-refractivity contribution in [3.8, 4) is 11.4 Å². The van der Waals surface area contributed by atoms with Crippen molar-refractivity contribution in [3.63, 3.8) is 0 Å². The van der Waals surface area contributed by atoms with Gasteiger partial charge in [0.25, 0.3) is 5.91 Å². The molecule has 0 aliphatic carbocycles. The Morgan fingerprint density at radius 3 is 2.56 bits per heavy atom. The van der Waals surface area contributed by atoms with Gasteiger partial charge in [-0.05, 0) is 30.5 Å². The van der Waals surface area contributed by atoms with E-state index in [1.54, 1.807) is 12.3 Å². The number of rotatable bonds is 7. The third kappa shape index (κ3) is 5.27. The molecule has 0 aliphatic heterocycles. The minimum atomic E-state index is -4.65. The molecule has 0 aliphatic rings. The van der Waals surface area contributed by atoms with E-state index in [0.29, 0.717) is 30.1 Å². The number of aryl methyl sites for hydroxylation is 1. The highest BCUT2D eigenvalue weighted by Gasteiger charge is 2.34. The Bertz CT molecular complexity index is 1100. The first-order chi connectivity index (χ1) is 15.1. The van der Waals surface area contributed by atoms with Crippen LogP contribution in [0.1, 0.15) is 53.8 Å². The maximum Gasteiger partial charge on any atom is 0.417 e. The number of benzene rings is 1. The Kier molecular flexibility index (Phi) is 7.18. The second-order valence-corrected chi connectivity index (χ2v) is 8.06. The molecule has 10 heteroatoms. The molecule has 2 N–H and O–H groups in total. The Balaban J connectivity index is 1.95. The molecule has 170 valence electrons. The Labute approximate surface area is 188 Å². The van der Waals surface area contributed by atoms with Crippen LogP contribution in [-0.2, 0) is 25.6 Å². The van der Waals surface area contributed by atoms with Gasteiger partial charge in [-0.1, -0.05) is 38.4 Å². The summed E-state index contributed by atoms with van der Waals surface area (Å²) in [5.41, 5.74) is 1.58. The first-order valence-electron chi connectivity index (χ1n) is 10.1. The number of alkyl halides is 3. The summed E-state index contributed by atoms with van der Waals surface area (Å²) in [6, 6.07) is 5.06. The van der Waals surface area contributed by atoms with Gasteiger partial charge in [0.2, 0.25) is 0 Å². The largest absolute Gasteiger partial charge is 0.417 e. The molecule has 0 bridgehead atoms. The summed E-state index contributed by atoms with van der Waals surface area (Å²) >= 11 is 5.89. The zero-order valence-corrected chi connectivity index (χ0v) is 18.6. The Morgan fingerprint density at radius 1 is 1.22 bits per heavy atom. The number of H-pyrrole nitrogens is 1. The highest BCUT2D eigenvalue weighted by Crippen LogP contribution is 2.36. The van der Waals surface area contributed by atoms with Gasteiger partial charge in [0.15, 0.2) is 0 Å². The quantitative estimate of drug-likeness (QED) is 0.500. The average Bonchev–Trinajstić information content (AvgIpc) is 3.26. The van der Waals surface area contributed by atoms with Crippen molar-refractivity contribution in [1.82, 2.24) is 25.5 Å². The third-order valence-corrected chi connectivity index (χ3v) is 5.20. The molecule has 0 unspecified atom stereocenters. The fraction of sp³-hybridized carbons (Fsp3) is 0.364. The second kappa shape index (κ2) is 9.68. The molecular formula is C22H23ClF3N5O. The summed E-state index contributed by atoms with van der Waals surface area (Å²) in [6.45, 7) is 6.04. The molecule has 0 fully saturated rings. The van der Waals surface area contributed by atoms with E-state index in [0.717, 1.165) is 23.4 Å². The summed E-state index contributed by atoms with van der Waals surface area (Å²) in [7, 11) is 0. The molecule has 2 heterocycles. The van der Waals surface area contributed by atoms with Crippen LogP contribution in [0.3, 0.4) is 0 Å². The third-order valence-electron chi connectivity index (χ3n) is 4.79. The van der Waals surface area contributed by atoms with E-state index >= 15 is 0 Å². The first kappa shape index (κ1) is 23.7. The molecule has 2 aromatic heterocycles. The number of nitrogens with one attached hydrogen (secondary N) is 2. The number of hydrogen-bond acceptors (Lipinski definition) is 4. The summed E-state index contributed by atoms with van der Waals surface area (Å²) in [5, 5.41) is 8.94. The van der Waals surface area contributed by atoms with Gasteiger partial charge in [-0.25, -0.2) is 9.97 Å². The van der Waals surface area contributed by atoms with Gasteiger partial charge in [-0.2, -0.15) is 18.3 Å². The molecule has 0 radical (unpaired) electrons. The molecule has 1 aromatic carbocycles. The van der Waals surface area contributed by atoms with Crippen molar-refractivity contribution in [3.05, 3.63) is 63.7 Å².